The minimum absolute atomic E-state index is 0.670. The summed E-state index contributed by atoms with van der Waals surface area (Å²) in [5.41, 5.74) is 0.670. The van der Waals surface area contributed by atoms with Crippen molar-refractivity contribution in [2.24, 2.45) is 17.3 Å². The summed E-state index contributed by atoms with van der Waals surface area (Å²) in [6.07, 6.45) is 1.36. The third-order valence-electron chi connectivity index (χ3n) is 4.88. The predicted octanol–water partition coefficient (Wildman–Crippen LogP) is 2.37. The molecule has 0 aromatic carbocycles. The molecule has 1 nitrogen and oxygen atoms in total. The third-order valence-corrected chi connectivity index (χ3v) is 4.88. The Balaban J connectivity index is 2.02. The Morgan fingerprint density at radius 2 is 1.83 bits per heavy atom. The van der Waals surface area contributed by atoms with Gasteiger partial charge in [-0.1, -0.05) is 27.2 Å². The zero-order valence-electron chi connectivity index (χ0n) is 8.96. The van der Waals surface area contributed by atoms with Crippen molar-refractivity contribution in [1.29, 1.82) is 0 Å². The highest BCUT2D eigenvalue weighted by molar-refractivity contribution is 5.17. The van der Waals surface area contributed by atoms with Gasteiger partial charge in [-0.05, 0) is 31.2 Å². The summed E-state index contributed by atoms with van der Waals surface area (Å²) in [4.78, 5) is 2.52. The van der Waals surface area contributed by atoms with E-state index in [1.54, 1.807) is 0 Å². The number of likely N-dealkylation sites (N-methyl/N-ethyl adjacent to an activating group) is 1. The van der Waals surface area contributed by atoms with Gasteiger partial charge in [0.05, 0.1) is 0 Å². The van der Waals surface area contributed by atoms with E-state index in [2.05, 4.69) is 39.6 Å². The molecule has 0 aromatic rings. The second-order valence-corrected chi connectivity index (χ2v) is 5.07. The minimum Gasteiger partial charge on any atom is -0.297 e. The van der Waals surface area contributed by atoms with Crippen LogP contribution in [0.3, 0.4) is 0 Å². The molecule has 0 amide bonds. The first-order chi connectivity index (χ1) is 5.54. The maximum absolute atomic E-state index is 2.52. The molecular formula is C11H21N. The van der Waals surface area contributed by atoms with Crippen molar-refractivity contribution >= 4 is 0 Å². The summed E-state index contributed by atoms with van der Waals surface area (Å²) in [7, 11) is 2.26. The van der Waals surface area contributed by atoms with Crippen molar-refractivity contribution < 1.29 is 0 Å². The molecule has 1 aliphatic carbocycles. The van der Waals surface area contributed by atoms with Crippen LogP contribution in [-0.2, 0) is 0 Å². The smallest absolute Gasteiger partial charge is 0.0285 e. The largest absolute Gasteiger partial charge is 0.297 e. The number of nitrogens with zero attached hydrogens (tertiary/aromatic N) is 1. The van der Waals surface area contributed by atoms with E-state index in [9.17, 15) is 0 Å². The van der Waals surface area contributed by atoms with E-state index >= 15 is 0 Å². The molecule has 2 fully saturated rings. The molecular weight excluding hydrogens is 146 g/mol. The van der Waals surface area contributed by atoms with Crippen molar-refractivity contribution in [1.82, 2.24) is 4.90 Å². The van der Waals surface area contributed by atoms with Gasteiger partial charge in [0.1, 0.15) is 0 Å². The standard InChI is InChI=1S/C11H21N/c1-6-11(4)7(2)9(11)10-8(3)12(10)5/h7-10H,6H2,1-5H3. The number of hydrogen-bond donors (Lipinski definition) is 0. The summed E-state index contributed by atoms with van der Waals surface area (Å²) in [5.74, 6) is 1.95. The van der Waals surface area contributed by atoms with Crippen molar-refractivity contribution in [3.63, 3.8) is 0 Å². The second-order valence-electron chi connectivity index (χ2n) is 5.07. The fourth-order valence-corrected chi connectivity index (χ4v) is 3.16. The molecule has 2 aliphatic rings. The molecule has 12 heavy (non-hydrogen) atoms. The van der Waals surface area contributed by atoms with Crippen LogP contribution < -0.4 is 0 Å². The molecule has 0 bridgehead atoms. The molecule has 1 aliphatic heterocycles. The van der Waals surface area contributed by atoms with E-state index in [-0.39, 0.29) is 0 Å². The Morgan fingerprint density at radius 3 is 2.08 bits per heavy atom. The van der Waals surface area contributed by atoms with Gasteiger partial charge in [-0.15, -0.1) is 0 Å². The van der Waals surface area contributed by atoms with Crippen LogP contribution in [0, 0.1) is 17.3 Å². The van der Waals surface area contributed by atoms with Crippen molar-refractivity contribution in [3.05, 3.63) is 0 Å². The lowest BCUT2D eigenvalue weighted by Gasteiger charge is -2.05. The lowest BCUT2D eigenvalue weighted by molar-refractivity contribution is 0.441. The molecule has 1 heterocycles. The quantitative estimate of drug-likeness (QED) is 0.571. The van der Waals surface area contributed by atoms with Gasteiger partial charge < -0.3 is 0 Å². The molecule has 0 N–H and O–H groups in total. The maximum Gasteiger partial charge on any atom is 0.0285 e. The van der Waals surface area contributed by atoms with Gasteiger partial charge in [-0.3, -0.25) is 4.90 Å². The van der Waals surface area contributed by atoms with Gasteiger partial charge in [0, 0.05) is 12.1 Å². The molecule has 0 radical (unpaired) electrons. The molecule has 1 saturated carbocycles. The van der Waals surface area contributed by atoms with Crippen molar-refractivity contribution in [2.75, 3.05) is 7.05 Å². The highest BCUT2D eigenvalue weighted by Crippen LogP contribution is 2.66. The fourth-order valence-electron chi connectivity index (χ4n) is 3.16. The van der Waals surface area contributed by atoms with Gasteiger partial charge in [0.15, 0.2) is 0 Å². The van der Waals surface area contributed by atoms with Gasteiger partial charge in [0.25, 0.3) is 0 Å². The SMILES string of the molecule is CCC1(C)C(C)C1C1C(C)N1C. The third kappa shape index (κ3) is 0.834. The van der Waals surface area contributed by atoms with Gasteiger partial charge >= 0.3 is 0 Å². The summed E-state index contributed by atoms with van der Waals surface area (Å²) in [5, 5.41) is 0. The zero-order chi connectivity index (χ0) is 9.09. The lowest BCUT2D eigenvalue weighted by atomic mass is 10.00. The van der Waals surface area contributed by atoms with Gasteiger partial charge in [-0.2, -0.15) is 0 Å². The van der Waals surface area contributed by atoms with E-state index in [0.717, 1.165) is 23.9 Å². The van der Waals surface area contributed by atoms with Crippen LogP contribution in [0.25, 0.3) is 0 Å². The number of hydrogen-bond acceptors (Lipinski definition) is 1. The van der Waals surface area contributed by atoms with Gasteiger partial charge in [-0.25, -0.2) is 0 Å². The maximum atomic E-state index is 2.52. The van der Waals surface area contributed by atoms with E-state index in [0.29, 0.717) is 5.41 Å². The highest BCUT2D eigenvalue weighted by atomic mass is 15.3. The van der Waals surface area contributed by atoms with Crippen LogP contribution in [0.4, 0.5) is 0 Å². The summed E-state index contributed by atoms with van der Waals surface area (Å²) >= 11 is 0. The normalized spacial score (nSPS) is 63.2. The van der Waals surface area contributed by atoms with E-state index < -0.39 is 0 Å². The second kappa shape index (κ2) is 2.25. The number of rotatable bonds is 2. The van der Waals surface area contributed by atoms with Crippen LogP contribution in [0.2, 0.25) is 0 Å². The van der Waals surface area contributed by atoms with E-state index in [1.807, 2.05) is 0 Å². The van der Waals surface area contributed by atoms with Crippen LogP contribution >= 0.6 is 0 Å². The summed E-state index contributed by atoms with van der Waals surface area (Å²) < 4.78 is 0. The highest BCUT2D eigenvalue weighted by Gasteiger charge is 2.66. The minimum atomic E-state index is 0.670. The molecule has 2 rings (SSSR count). The molecule has 70 valence electrons. The molecule has 1 heteroatoms. The van der Waals surface area contributed by atoms with Crippen molar-refractivity contribution in [3.8, 4) is 0 Å². The van der Waals surface area contributed by atoms with Gasteiger partial charge in [0.2, 0.25) is 0 Å². The Hall–Kier alpha value is -0.0400. The van der Waals surface area contributed by atoms with E-state index in [1.165, 1.54) is 6.42 Å². The molecule has 0 spiro atoms. The Bertz CT molecular complexity index is 193. The summed E-state index contributed by atoms with van der Waals surface area (Å²) in [6, 6.07) is 1.76. The predicted molar refractivity (Wildman–Crippen MR) is 52.1 cm³/mol. The van der Waals surface area contributed by atoms with Crippen LogP contribution in [0.1, 0.15) is 34.1 Å². The monoisotopic (exact) mass is 167 g/mol. The first kappa shape index (κ1) is 8.55. The average Bonchev–Trinajstić information content (AvgIpc) is 2.79. The topological polar surface area (TPSA) is 3.01 Å². The average molecular weight is 167 g/mol. The first-order valence-corrected chi connectivity index (χ1v) is 5.26. The Labute approximate surface area is 76.1 Å². The van der Waals surface area contributed by atoms with Crippen molar-refractivity contribution in [2.45, 2.75) is 46.2 Å². The Morgan fingerprint density at radius 1 is 1.33 bits per heavy atom. The van der Waals surface area contributed by atoms with Crippen LogP contribution in [0.5, 0.6) is 0 Å². The summed E-state index contributed by atoms with van der Waals surface area (Å²) in [6.45, 7) is 9.57. The lowest BCUT2D eigenvalue weighted by Crippen LogP contribution is -2.04. The first-order valence-electron chi connectivity index (χ1n) is 5.26. The molecule has 6 unspecified atom stereocenters. The van der Waals surface area contributed by atoms with Crippen LogP contribution in [0.15, 0.2) is 0 Å². The zero-order valence-corrected chi connectivity index (χ0v) is 8.96. The molecule has 0 aromatic heterocycles. The molecule has 6 atom stereocenters. The Kier molecular flexibility index (Phi) is 1.61. The molecule has 1 saturated heterocycles. The van der Waals surface area contributed by atoms with Crippen LogP contribution in [-0.4, -0.2) is 24.0 Å². The fraction of sp³-hybridized carbons (Fsp3) is 1.00. The van der Waals surface area contributed by atoms with E-state index in [4.69, 9.17) is 0 Å².